The SMILES string of the molecule is COC(=O)c1cc(CNCCc2cscn2)oc1C. The summed E-state index contributed by atoms with van der Waals surface area (Å²) in [6.07, 6.45) is 0.882. The minimum atomic E-state index is -0.366. The molecule has 102 valence electrons. The Morgan fingerprint density at radius 1 is 1.58 bits per heavy atom. The Bertz CT molecular complexity index is 534. The number of hydrogen-bond donors (Lipinski definition) is 1. The van der Waals surface area contributed by atoms with Gasteiger partial charge in [-0.1, -0.05) is 0 Å². The molecule has 2 rings (SSSR count). The van der Waals surface area contributed by atoms with Crippen LogP contribution >= 0.6 is 11.3 Å². The van der Waals surface area contributed by atoms with Crippen LogP contribution in [0.15, 0.2) is 21.4 Å². The number of carbonyl (C=O) groups excluding carboxylic acids is 1. The molecule has 19 heavy (non-hydrogen) atoms. The molecule has 0 aliphatic rings. The van der Waals surface area contributed by atoms with E-state index in [1.54, 1.807) is 24.3 Å². The number of carbonyl (C=O) groups is 1. The van der Waals surface area contributed by atoms with Crippen molar-refractivity contribution in [1.29, 1.82) is 0 Å². The van der Waals surface area contributed by atoms with E-state index in [1.165, 1.54) is 7.11 Å². The maximum Gasteiger partial charge on any atom is 0.341 e. The van der Waals surface area contributed by atoms with Gasteiger partial charge in [-0.25, -0.2) is 9.78 Å². The van der Waals surface area contributed by atoms with Crippen LogP contribution in [0.25, 0.3) is 0 Å². The Balaban J connectivity index is 1.81. The predicted molar refractivity (Wildman–Crippen MR) is 72.3 cm³/mol. The van der Waals surface area contributed by atoms with E-state index in [0.717, 1.165) is 24.4 Å². The molecule has 0 bridgehead atoms. The highest BCUT2D eigenvalue weighted by atomic mass is 32.1. The van der Waals surface area contributed by atoms with Crippen LogP contribution in [-0.2, 0) is 17.7 Å². The second-order valence-corrected chi connectivity index (χ2v) is 4.80. The van der Waals surface area contributed by atoms with Gasteiger partial charge in [0, 0.05) is 18.3 Å². The van der Waals surface area contributed by atoms with E-state index in [9.17, 15) is 4.79 Å². The smallest absolute Gasteiger partial charge is 0.341 e. The second-order valence-electron chi connectivity index (χ2n) is 4.08. The van der Waals surface area contributed by atoms with Crippen molar-refractivity contribution in [3.05, 3.63) is 39.7 Å². The summed E-state index contributed by atoms with van der Waals surface area (Å²) in [7, 11) is 1.36. The van der Waals surface area contributed by atoms with Gasteiger partial charge in [-0.2, -0.15) is 0 Å². The number of methoxy groups -OCH3 is 1. The first-order valence-electron chi connectivity index (χ1n) is 5.96. The molecule has 0 fully saturated rings. The number of hydrogen-bond acceptors (Lipinski definition) is 6. The van der Waals surface area contributed by atoms with Gasteiger partial charge in [-0.15, -0.1) is 11.3 Å². The van der Waals surface area contributed by atoms with Crippen LogP contribution in [0.5, 0.6) is 0 Å². The van der Waals surface area contributed by atoms with Gasteiger partial charge in [0.2, 0.25) is 0 Å². The van der Waals surface area contributed by atoms with Gasteiger partial charge < -0.3 is 14.5 Å². The van der Waals surface area contributed by atoms with Gasteiger partial charge >= 0.3 is 5.97 Å². The normalized spacial score (nSPS) is 10.6. The minimum absolute atomic E-state index is 0.366. The number of ether oxygens (including phenoxy) is 1. The average Bonchev–Trinajstić information content (AvgIpc) is 3.03. The molecule has 0 saturated carbocycles. The summed E-state index contributed by atoms with van der Waals surface area (Å²) in [6, 6.07) is 1.72. The number of rotatable bonds is 6. The van der Waals surface area contributed by atoms with Gasteiger partial charge in [0.15, 0.2) is 0 Å². The number of furan rings is 1. The van der Waals surface area contributed by atoms with Crippen molar-refractivity contribution in [3.8, 4) is 0 Å². The van der Waals surface area contributed by atoms with E-state index in [1.807, 2.05) is 10.9 Å². The van der Waals surface area contributed by atoms with Crippen LogP contribution in [0.2, 0.25) is 0 Å². The van der Waals surface area contributed by atoms with E-state index in [-0.39, 0.29) is 5.97 Å². The third-order valence-electron chi connectivity index (χ3n) is 2.71. The first-order chi connectivity index (χ1) is 9.20. The summed E-state index contributed by atoms with van der Waals surface area (Å²) in [6.45, 7) is 3.16. The standard InChI is InChI=1S/C13H16N2O3S/c1-9-12(13(16)17-2)5-11(18-9)6-14-4-3-10-7-19-8-15-10/h5,7-8,14H,3-4,6H2,1-2H3. The third-order valence-corrected chi connectivity index (χ3v) is 3.35. The Morgan fingerprint density at radius 3 is 3.11 bits per heavy atom. The van der Waals surface area contributed by atoms with Crippen molar-refractivity contribution in [1.82, 2.24) is 10.3 Å². The third kappa shape index (κ3) is 3.65. The largest absolute Gasteiger partial charge is 0.465 e. The fraction of sp³-hybridized carbons (Fsp3) is 0.385. The van der Waals surface area contributed by atoms with Crippen LogP contribution in [0.3, 0.4) is 0 Å². The molecular formula is C13H16N2O3S. The van der Waals surface area contributed by atoms with E-state index in [0.29, 0.717) is 17.9 Å². The van der Waals surface area contributed by atoms with Gasteiger partial charge in [0.25, 0.3) is 0 Å². The van der Waals surface area contributed by atoms with Gasteiger partial charge in [-0.05, 0) is 13.0 Å². The highest BCUT2D eigenvalue weighted by Gasteiger charge is 2.14. The fourth-order valence-corrected chi connectivity index (χ4v) is 2.33. The maximum absolute atomic E-state index is 11.4. The molecule has 0 saturated heterocycles. The summed E-state index contributed by atoms with van der Waals surface area (Å²) in [5.74, 6) is 0.953. The van der Waals surface area contributed by atoms with Crippen molar-refractivity contribution in [2.45, 2.75) is 19.9 Å². The van der Waals surface area contributed by atoms with Gasteiger partial charge in [0.1, 0.15) is 17.1 Å². The van der Waals surface area contributed by atoms with Crippen LogP contribution in [-0.4, -0.2) is 24.6 Å². The topological polar surface area (TPSA) is 64.4 Å². The molecule has 2 aromatic rings. The van der Waals surface area contributed by atoms with Crippen molar-refractivity contribution in [2.75, 3.05) is 13.7 Å². The average molecular weight is 280 g/mol. The number of nitrogens with one attached hydrogen (secondary N) is 1. The number of esters is 1. The maximum atomic E-state index is 11.4. The molecule has 6 heteroatoms. The van der Waals surface area contributed by atoms with Gasteiger partial charge in [-0.3, -0.25) is 0 Å². The molecule has 0 aliphatic carbocycles. The first-order valence-corrected chi connectivity index (χ1v) is 6.90. The number of aromatic nitrogens is 1. The van der Waals surface area contributed by atoms with Crippen LogP contribution < -0.4 is 5.32 Å². The summed E-state index contributed by atoms with van der Waals surface area (Å²) in [5.41, 5.74) is 3.40. The monoisotopic (exact) mass is 280 g/mol. The molecule has 0 atom stereocenters. The molecule has 0 unspecified atom stereocenters. The van der Waals surface area contributed by atoms with Crippen LogP contribution in [0.1, 0.15) is 27.6 Å². The highest BCUT2D eigenvalue weighted by Crippen LogP contribution is 2.15. The lowest BCUT2D eigenvalue weighted by molar-refractivity contribution is 0.0599. The number of thiazole rings is 1. The summed E-state index contributed by atoms with van der Waals surface area (Å²) in [4.78, 5) is 15.6. The first kappa shape index (κ1) is 13.8. The van der Waals surface area contributed by atoms with E-state index < -0.39 is 0 Å². The molecule has 1 N–H and O–H groups in total. The van der Waals surface area contributed by atoms with Crippen LogP contribution in [0, 0.1) is 6.92 Å². The molecule has 2 heterocycles. The molecule has 5 nitrogen and oxygen atoms in total. The van der Waals surface area contributed by atoms with Crippen LogP contribution in [0.4, 0.5) is 0 Å². The molecule has 2 aromatic heterocycles. The van der Waals surface area contributed by atoms with Crippen molar-refractivity contribution >= 4 is 17.3 Å². The molecule has 0 radical (unpaired) electrons. The molecule has 0 spiro atoms. The number of aryl methyl sites for hydroxylation is 1. The zero-order valence-corrected chi connectivity index (χ0v) is 11.8. The molecule has 0 aliphatic heterocycles. The Labute approximate surface area is 115 Å². The van der Waals surface area contributed by atoms with Crippen molar-refractivity contribution in [3.63, 3.8) is 0 Å². The zero-order valence-electron chi connectivity index (χ0n) is 10.9. The van der Waals surface area contributed by atoms with E-state index in [4.69, 9.17) is 4.42 Å². The summed E-state index contributed by atoms with van der Waals surface area (Å²) >= 11 is 1.60. The minimum Gasteiger partial charge on any atom is -0.465 e. The summed E-state index contributed by atoms with van der Waals surface area (Å²) in [5, 5.41) is 5.29. The Morgan fingerprint density at radius 2 is 2.42 bits per heavy atom. The highest BCUT2D eigenvalue weighted by molar-refractivity contribution is 7.07. The lowest BCUT2D eigenvalue weighted by atomic mass is 10.2. The lowest BCUT2D eigenvalue weighted by Crippen LogP contribution is -2.16. The van der Waals surface area contributed by atoms with E-state index in [2.05, 4.69) is 15.0 Å². The molecular weight excluding hydrogens is 264 g/mol. The quantitative estimate of drug-likeness (QED) is 0.649. The van der Waals surface area contributed by atoms with Gasteiger partial charge in [0.05, 0.1) is 24.9 Å². The second kappa shape index (κ2) is 6.49. The number of nitrogens with zero attached hydrogens (tertiary/aromatic N) is 1. The lowest BCUT2D eigenvalue weighted by Gasteiger charge is -2.00. The summed E-state index contributed by atoms with van der Waals surface area (Å²) < 4.78 is 10.2. The van der Waals surface area contributed by atoms with Crippen molar-refractivity contribution in [2.24, 2.45) is 0 Å². The fourth-order valence-electron chi connectivity index (χ4n) is 1.73. The molecule has 0 aromatic carbocycles. The Hall–Kier alpha value is -1.66. The Kier molecular flexibility index (Phi) is 4.70. The predicted octanol–water partition coefficient (Wildman–Crippen LogP) is 2.16. The van der Waals surface area contributed by atoms with E-state index >= 15 is 0 Å². The van der Waals surface area contributed by atoms with Crippen molar-refractivity contribution < 1.29 is 13.9 Å². The molecule has 0 amide bonds. The zero-order chi connectivity index (χ0) is 13.7.